The highest BCUT2D eigenvalue weighted by molar-refractivity contribution is 5.79. The second kappa shape index (κ2) is 5.64. The summed E-state index contributed by atoms with van der Waals surface area (Å²) in [5.74, 6) is 0.412. The number of nitrogens with zero attached hydrogens (tertiary/aromatic N) is 1. The molecule has 0 aromatic carbocycles. The van der Waals surface area contributed by atoms with E-state index in [4.69, 9.17) is 0 Å². The molecule has 0 saturated carbocycles. The Kier molecular flexibility index (Phi) is 4.18. The summed E-state index contributed by atoms with van der Waals surface area (Å²) in [5, 5.41) is 6.37. The molecule has 0 radical (unpaired) electrons. The monoisotopic (exact) mass is 225 g/mol. The molecule has 2 aliphatic rings. The summed E-state index contributed by atoms with van der Waals surface area (Å²) in [5.41, 5.74) is 0. The molecular formula is C12H23N3O. The van der Waals surface area contributed by atoms with E-state index in [0.29, 0.717) is 6.04 Å². The SMILES string of the molecule is CC1NCCC1C(=O)NCCN1CCCC1. The lowest BCUT2D eigenvalue weighted by Crippen LogP contribution is -2.40. The van der Waals surface area contributed by atoms with Crippen molar-refractivity contribution in [1.82, 2.24) is 15.5 Å². The Labute approximate surface area is 97.8 Å². The van der Waals surface area contributed by atoms with Crippen LogP contribution in [-0.2, 0) is 4.79 Å². The summed E-state index contributed by atoms with van der Waals surface area (Å²) < 4.78 is 0. The van der Waals surface area contributed by atoms with Gasteiger partial charge in [0.25, 0.3) is 0 Å². The molecule has 0 bridgehead atoms. The number of hydrogen-bond donors (Lipinski definition) is 2. The quantitative estimate of drug-likeness (QED) is 0.718. The lowest BCUT2D eigenvalue weighted by atomic mass is 10.0. The summed E-state index contributed by atoms with van der Waals surface area (Å²) in [6.07, 6.45) is 3.62. The topological polar surface area (TPSA) is 44.4 Å². The highest BCUT2D eigenvalue weighted by atomic mass is 16.1. The molecule has 1 amide bonds. The second-order valence-corrected chi connectivity index (χ2v) is 4.98. The minimum absolute atomic E-state index is 0.179. The third-order valence-electron chi connectivity index (χ3n) is 3.79. The fraction of sp³-hybridized carbons (Fsp3) is 0.917. The number of carbonyl (C=O) groups is 1. The van der Waals surface area contributed by atoms with E-state index in [1.807, 2.05) is 0 Å². The molecule has 2 heterocycles. The van der Waals surface area contributed by atoms with Crippen LogP contribution in [0.15, 0.2) is 0 Å². The lowest BCUT2D eigenvalue weighted by molar-refractivity contribution is -0.125. The van der Waals surface area contributed by atoms with Crippen LogP contribution in [-0.4, -0.2) is 49.6 Å². The molecule has 16 heavy (non-hydrogen) atoms. The second-order valence-electron chi connectivity index (χ2n) is 4.98. The third kappa shape index (κ3) is 2.95. The standard InChI is InChI=1S/C12H23N3O/c1-10-11(4-5-13-10)12(16)14-6-9-15-7-2-3-8-15/h10-11,13H,2-9H2,1H3,(H,14,16). The van der Waals surface area contributed by atoms with Gasteiger partial charge in [-0.15, -0.1) is 0 Å². The average Bonchev–Trinajstić information content (AvgIpc) is 2.88. The Morgan fingerprint density at radius 2 is 2.19 bits per heavy atom. The molecule has 2 rings (SSSR count). The molecule has 4 heteroatoms. The fourth-order valence-electron chi connectivity index (χ4n) is 2.69. The van der Waals surface area contributed by atoms with Crippen LogP contribution < -0.4 is 10.6 Å². The molecule has 2 N–H and O–H groups in total. The van der Waals surface area contributed by atoms with Gasteiger partial charge in [-0.05, 0) is 45.8 Å². The van der Waals surface area contributed by atoms with Crippen LogP contribution in [0.4, 0.5) is 0 Å². The summed E-state index contributed by atoms with van der Waals surface area (Å²) >= 11 is 0. The Morgan fingerprint density at radius 3 is 2.81 bits per heavy atom. The first-order chi connectivity index (χ1) is 7.77. The van der Waals surface area contributed by atoms with E-state index >= 15 is 0 Å². The van der Waals surface area contributed by atoms with Crippen molar-refractivity contribution in [3.8, 4) is 0 Å². The molecule has 2 atom stereocenters. The molecule has 2 saturated heterocycles. The van der Waals surface area contributed by atoms with E-state index in [9.17, 15) is 4.79 Å². The number of hydrogen-bond acceptors (Lipinski definition) is 3. The molecule has 92 valence electrons. The predicted molar refractivity (Wildman–Crippen MR) is 64.3 cm³/mol. The van der Waals surface area contributed by atoms with Crippen molar-refractivity contribution in [2.75, 3.05) is 32.7 Å². The molecule has 0 aliphatic carbocycles. The molecular weight excluding hydrogens is 202 g/mol. The van der Waals surface area contributed by atoms with Crippen molar-refractivity contribution in [3.05, 3.63) is 0 Å². The van der Waals surface area contributed by atoms with Gasteiger partial charge >= 0.3 is 0 Å². The van der Waals surface area contributed by atoms with Crippen LogP contribution in [0.25, 0.3) is 0 Å². The van der Waals surface area contributed by atoms with Gasteiger partial charge in [-0.3, -0.25) is 4.79 Å². The van der Waals surface area contributed by atoms with Crippen molar-refractivity contribution >= 4 is 5.91 Å². The van der Waals surface area contributed by atoms with Crippen LogP contribution in [0.5, 0.6) is 0 Å². The summed E-state index contributed by atoms with van der Waals surface area (Å²) in [6.45, 7) is 7.31. The zero-order chi connectivity index (χ0) is 11.4. The number of rotatable bonds is 4. The van der Waals surface area contributed by atoms with Crippen LogP contribution in [0.1, 0.15) is 26.2 Å². The summed E-state index contributed by atoms with van der Waals surface area (Å²) in [4.78, 5) is 14.3. The third-order valence-corrected chi connectivity index (χ3v) is 3.79. The average molecular weight is 225 g/mol. The highest BCUT2D eigenvalue weighted by Gasteiger charge is 2.28. The van der Waals surface area contributed by atoms with Crippen LogP contribution in [0.3, 0.4) is 0 Å². The Morgan fingerprint density at radius 1 is 1.44 bits per heavy atom. The zero-order valence-electron chi connectivity index (χ0n) is 10.2. The molecule has 2 unspecified atom stereocenters. The summed E-state index contributed by atoms with van der Waals surface area (Å²) in [7, 11) is 0. The number of carbonyl (C=O) groups excluding carboxylic acids is 1. The van der Waals surface area contributed by atoms with Gasteiger partial charge in [0.15, 0.2) is 0 Å². The highest BCUT2D eigenvalue weighted by Crippen LogP contribution is 2.14. The van der Waals surface area contributed by atoms with Crippen molar-refractivity contribution in [2.24, 2.45) is 5.92 Å². The molecule has 2 aliphatic heterocycles. The van der Waals surface area contributed by atoms with E-state index < -0.39 is 0 Å². The normalized spacial score (nSPS) is 30.8. The molecule has 4 nitrogen and oxygen atoms in total. The van der Waals surface area contributed by atoms with Gasteiger partial charge in [0.2, 0.25) is 5.91 Å². The maximum absolute atomic E-state index is 11.9. The van der Waals surface area contributed by atoms with Gasteiger partial charge < -0.3 is 15.5 Å². The van der Waals surface area contributed by atoms with E-state index in [1.54, 1.807) is 0 Å². The number of amides is 1. The molecule has 2 fully saturated rings. The van der Waals surface area contributed by atoms with E-state index in [0.717, 1.165) is 26.1 Å². The maximum atomic E-state index is 11.9. The van der Waals surface area contributed by atoms with Crippen LogP contribution >= 0.6 is 0 Å². The zero-order valence-corrected chi connectivity index (χ0v) is 10.2. The fourth-order valence-corrected chi connectivity index (χ4v) is 2.69. The minimum atomic E-state index is 0.179. The predicted octanol–water partition coefficient (Wildman–Crippen LogP) is 0.196. The van der Waals surface area contributed by atoms with Crippen molar-refractivity contribution in [1.29, 1.82) is 0 Å². The van der Waals surface area contributed by atoms with Crippen molar-refractivity contribution < 1.29 is 4.79 Å². The first kappa shape index (κ1) is 11.9. The van der Waals surface area contributed by atoms with Crippen LogP contribution in [0.2, 0.25) is 0 Å². The molecule has 0 aromatic rings. The number of nitrogens with one attached hydrogen (secondary N) is 2. The molecule has 0 spiro atoms. The smallest absolute Gasteiger partial charge is 0.224 e. The first-order valence-corrected chi connectivity index (χ1v) is 6.51. The van der Waals surface area contributed by atoms with Crippen molar-refractivity contribution in [2.45, 2.75) is 32.2 Å². The minimum Gasteiger partial charge on any atom is -0.355 e. The van der Waals surface area contributed by atoms with Gasteiger partial charge in [0, 0.05) is 19.1 Å². The lowest BCUT2D eigenvalue weighted by Gasteiger charge is -2.18. The Bertz CT molecular complexity index is 238. The van der Waals surface area contributed by atoms with Gasteiger partial charge in [-0.25, -0.2) is 0 Å². The maximum Gasteiger partial charge on any atom is 0.224 e. The Balaban J connectivity index is 1.63. The van der Waals surface area contributed by atoms with Crippen LogP contribution in [0, 0.1) is 5.92 Å². The van der Waals surface area contributed by atoms with E-state index in [1.165, 1.54) is 25.9 Å². The summed E-state index contributed by atoms with van der Waals surface area (Å²) in [6, 6.07) is 0.340. The molecule has 0 aromatic heterocycles. The largest absolute Gasteiger partial charge is 0.355 e. The van der Waals surface area contributed by atoms with Crippen molar-refractivity contribution in [3.63, 3.8) is 0 Å². The first-order valence-electron chi connectivity index (χ1n) is 6.51. The van der Waals surface area contributed by atoms with E-state index in [2.05, 4.69) is 22.5 Å². The Hall–Kier alpha value is -0.610. The van der Waals surface area contributed by atoms with Gasteiger partial charge in [0.1, 0.15) is 0 Å². The van der Waals surface area contributed by atoms with E-state index in [-0.39, 0.29) is 11.8 Å². The van der Waals surface area contributed by atoms with Gasteiger partial charge in [0.05, 0.1) is 5.92 Å². The number of likely N-dealkylation sites (tertiary alicyclic amines) is 1. The van der Waals surface area contributed by atoms with Gasteiger partial charge in [-0.2, -0.15) is 0 Å². The van der Waals surface area contributed by atoms with Gasteiger partial charge in [-0.1, -0.05) is 0 Å².